The molecule has 1 N–H and O–H groups in total. The summed E-state index contributed by atoms with van der Waals surface area (Å²) in [7, 11) is 0. The van der Waals surface area contributed by atoms with Gasteiger partial charge in [0.1, 0.15) is 5.69 Å². The van der Waals surface area contributed by atoms with Crippen molar-refractivity contribution in [2.45, 2.75) is 19.8 Å². The van der Waals surface area contributed by atoms with Crippen LogP contribution in [0.25, 0.3) is 10.1 Å². The highest BCUT2D eigenvalue weighted by atomic mass is 32.1. The van der Waals surface area contributed by atoms with Gasteiger partial charge >= 0.3 is 5.97 Å². The van der Waals surface area contributed by atoms with E-state index < -0.39 is 0 Å². The van der Waals surface area contributed by atoms with E-state index in [4.69, 9.17) is 4.74 Å². The molecule has 2 heterocycles. The lowest BCUT2D eigenvalue weighted by Gasteiger charge is -2.32. The van der Waals surface area contributed by atoms with Crippen LogP contribution in [0.1, 0.15) is 40.6 Å². The van der Waals surface area contributed by atoms with Crippen LogP contribution in [0.5, 0.6) is 0 Å². The van der Waals surface area contributed by atoms with E-state index in [9.17, 15) is 14.4 Å². The zero-order chi connectivity index (χ0) is 21.8. The van der Waals surface area contributed by atoms with E-state index >= 15 is 0 Å². The summed E-state index contributed by atoms with van der Waals surface area (Å²) in [6, 6.07) is 14.4. The van der Waals surface area contributed by atoms with Crippen LogP contribution in [0.15, 0.2) is 48.5 Å². The van der Waals surface area contributed by atoms with E-state index in [-0.39, 0.29) is 23.7 Å². The van der Waals surface area contributed by atoms with Crippen LogP contribution in [0, 0.1) is 5.92 Å². The summed E-state index contributed by atoms with van der Waals surface area (Å²) < 4.78 is 10.3. The van der Waals surface area contributed by atoms with E-state index in [0.29, 0.717) is 43.1 Å². The quantitative estimate of drug-likeness (QED) is 0.611. The molecule has 3 aromatic rings. The number of carbonyl (C=O) groups excluding carboxylic acids is 3. The van der Waals surface area contributed by atoms with Crippen LogP contribution in [0.2, 0.25) is 0 Å². The number of para-hydroxylation sites is 1. The maximum Gasteiger partial charge on any atom is 0.310 e. The SMILES string of the molecule is CCOC(=O)[C@@H]1CCCN(C(=O)c2ccccc2NC(=O)c2nsc3ccccc23)C1. The Morgan fingerprint density at radius 2 is 1.94 bits per heavy atom. The predicted molar refractivity (Wildman–Crippen MR) is 119 cm³/mol. The fourth-order valence-electron chi connectivity index (χ4n) is 3.79. The molecule has 2 amide bonds. The number of likely N-dealkylation sites (tertiary alicyclic amines) is 1. The van der Waals surface area contributed by atoms with Gasteiger partial charge in [-0.05, 0) is 49.5 Å². The number of aromatic nitrogens is 1. The molecule has 0 bridgehead atoms. The molecule has 4 rings (SSSR count). The van der Waals surface area contributed by atoms with Crippen molar-refractivity contribution in [3.05, 3.63) is 59.8 Å². The zero-order valence-electron chi connectivity index (χ0n) is 17.2. The van der Waals surface area contributed by atoms with Gasteiger partial charge in [-0.25, -0.2) is 0 Å². The number of ether oxygens (including phenoxy) is 1. The molecule has 1 fully saturated rings. The number of nitrogens with one attached hydrogen (secondary N) is 1. The van der Waals surface area contributed by atoms with Crippen LogP contribution in [0.3, 0.4) is 0 Å². The molecule has 0 saturated carbocycles. The number of amides is 2. The van der Waals surface area contributed by atoms with Gasteiger partial charge in [-0.1, -0.05) is 30.3 Å². The normalized spacial score (nSPS) is 16.2. The highest BCUT2D eigenvalue weighted by molar-refractivity contribution is 7.13. The van der Waals surface area contributed by atoms with Crippen LogP contribution >= 0.6 is 11.5 Å². The largest absolute Gasteiger partial charge is 0.466 e. The first-order chi connectivity index (χ1) is 15.1. The second-order valence-electron chi connectivity index (χ2n) is 7.37. The van der Waals surface area contributed by atoms with Crippen molar-refractivity contribution in [1.29, 1.82) is 0 Å². The van der Waals surface area contributed by atoms with Gasteiger partial charge in [0.2, 0.25) is 0 Å². The van der Waals surface area contributed by atoms with Gasteiger partial charge in [0.05, 0.1) is 28.5 Å². The van der Waals surface area contributed by atoms with Gasteiger partial charge in [-0.3, -0.25) is 14.4 Å². The van der Waals surface area contributed by atoms with E-state index in [0.717, 1.165) is 16.5 Å². The van der Waals surface area contributed by atoms with Gasteiger partial charge in [-0.2, -0.15) is 4.37 Å². The van der Waals surface area contributed by atoms with E-state index in [1.165, 1.54) is 11.5 Å². The first kappa shape index (κ1) is 21.0. The second kappa shape index (κ2) is 9.26. The molecule has 0 aliphatic carbocycles. The Kier molecular flexibility index (Phi) is 6.27. The molecule has 1 aromatic heterocycles. The molecule has 1 saturated heterocycles. The number of esters is 1. The molecule has 0 unspecified atom stereocenters. The molecule has 2 aromatic carbocycles. The lowest BCUT2D eigenvalue weighted by Crippen LogP contribution is -2.43. The maximum absolute atomic E-state index is 13.2. The van der Waals surface area contributed by atoms with Crippen molar-refractivity contribution >= 4 is 45.1 Å². The number of nitrogens with zero attached hydrogens (tertiary/aromatic N) is 2. The average Bonchev–Trinajstić information content (AvgIpc) is 3.23. The summed E-state index contributed by atoms with van der Waals surface area (Å²) in [6.07, 6.45) is 1.44. The van der Waals surface area contributed by atoms with Crippen LogP contribution in [-0.2, 0) is 9.53 Å². The minimum Gasteiger partial charge on any atom is -0.466 e. The third kappa shape index (κ3) is 4.44. The van der Waals surface area contributed by atoms with Gasteiger partial charge in [0.15, 0.2) is 0 Å². The van der Waals surface area contributed by atoms with Crippen LogP contribution < -0.4 is 5.32 Å². The van der Waals surface area contributed by atoms with E-state index in [2.05, 4.69) is 9.69 Å². The van der Waals surface area contributed by atoms with Gasteiger partial charge in [0, 0.05) is 18.5 Å². The minimum absolute atomic E-state index is 0.215. The lowest BCUT2D eigenvalue weighted by atomic mass is 9.97. The molecular weight excluding hydrogens is 414 g/mol. The first-order valence-corrected chi connectivity index (χ1v) is 11.1. The molecule has 1 aliphatic heterocycles. The number of benzene rings is 2. The Morgan fingerprint density at radius 3 is 2.77 bits per heavy atom. The summed E-state index contributed by atoms with van der Waals surface area (Å²) in [5.74, 6) is -1.16. The van der Waals surface area contributed by atoms with Gasteiger partial charge < -0.3 is 15.0 Å². The number of hydrogen-bond acceptors (Lipinski definition) is 6. The smallest absolute Gasteiger partial charge is 0.310 e. The lowest BCUT2D eigenvalue weighted by molar-refractivity contribution is -0.149. The Bertz CT molecular complexity index is 1130. The predicted octanol–water partition coefficient (Wildman–Crippen LogP) is 3.96. The Balaban J connectivity index is 1.53. The molecule has 0 spiro atoms. The second-order valence-corrected chi connectivity index (χ2v) is 8.17. The number of anilines is 1. The van der Waals surface area contributed by atoms with Crippen molar-refractivity contribution in [3.8, 4) is 0 Å². The summed E-state index contributed by atoms with van der Waals surface area (Å²) in [5, 5.41) is 3.63. The summed E-state index contributed by atoms with van der Waals surface area (Å²) in [4.78, 5) is 39.9. The van der Waals surface area contributed by atoms with Crippen molar-refractivity contribution in [3.63, 3.8) is 0 Å². The average molecular weight is 438 g/mol. The van der Waals surface area contributed by atoms with Crippen LogP contribution in [-0.4, -0.2) is 46.8 Å². The third-order valence-electron chi connectivity index (χ3n) is 5.33. The number of fused-ring (bicyclic) bond motifs is 1. The highest BCUT2D eigenvalue weighted by Crippen LogP contribution is 2.26. The minimum atomic E-state index is -0.360. The Morgan fingerprint density at radius 1 is 1.16 bits per heavy atom. The zero-order valence-corrected chi connectivity index (χ0v) is 18.0. The van der Waals surface area contributed by atoms with Crippen molar-refractivity contribution in [1.82, 2.24) is 9.27 Å². The van der Waals surface area contributed by atoms with E-state index in [1.54, 1.807) is 36.1 Å². The standard InChI is InChI=1S/C23H23N3O4S/c1-2-30-23(29)15-8-7-13-26(14-15)22(28)16-9-3-5-11-18(16)24-21(27)20-17-10-4-6-12-19(17)31-25-20/h3-6,9-12,15H,2,7-8,13-14H2,1H3,(H,24,27)/t15-/m1/s1. The monoisotopic (exact) mass is 437 g/mol. The van der Waals surface area contributed by atoms with Crippen molar-refractivity contribution in [2.24, 2.45) is 5.92 Å². The van der Waals surface area contributed by atoms with Gasteiger partial charge in [-0.15, -0.1) is 0 Å². The molecule has 7 nitrogen and oxygen atoms in total. The Labute approximate surface area is 184 Å². The number of hydrogen-bond donors (Lipinski definition) is 1. The van der Waals surface area contributed by atoms with Crippen molar-refractivity contribution in [2.75, 3.05) is 25.0 Å². The molecule has 1 aliphatic rings. The number of piperidine rings is 1. The molecule has 160 valence electrons. The maximum atomic E-state index is 13.2. The third-order valence-corrected chi connectivity index (χ3v) is 6.15. The molecule has 8 heteroatoms. The molecule has 31 heavy (non-hydrogen) atoms. The van der Waals surface area contributed by atoms with Crippen molar-refractivity contribution < 1.29 is 19.1 Å². The first-order valence-electron chi connectivity index (χ1n) is 10.3. The highest BCUT2D eigenvalue weighted by Gasteiger charge is 2.30. The van der Waals surface area contributed by atoms with Gasteiger partial charge in [0.25, 0.3) is 11.8 Å². The summed E-state index contributed by atoms with van der Waals surface area (Å²) in [5.41, 5.74) is 1.15. The fourth-order valence-corrected chi connectivity index (χ4v) is 4.57. The molecule has 1 atom stereocenters. The Hall–Kier alpha value is -3.26. The number of rotatable bonds is 5. The van der Waals surface area contributed by atoms with Crippen LogP contribution in [0.4, 0.5) is 5.69 Å². The molecular formula is C23H23N3O4S. The fraction of sp³-hybridized carbons (Fsp3) is 0.304. The topological polar surface area (TPSA) is 88.6 Å². The number of carbonyl (C=O) groups is 3. The summed E-state index contributed by atoms with van der Waals surface area (Å²) in [6.45, 7) is 2.97. The molecule has 0 radical (unpaired) electrons. The summed E-state index contributed by atoms with van der Waals surface area (Å²) >= 11 is 1.26. The van der Waals surface area contributed by atoms with E-state index in [1.807, 2.05) is 24.3 Å².